The normalized spacial score (nSPS) is 24.8. The molecule has 2 aliphatic rings. The van der Waals surface area contributed by atoms with Crippen LogP contribution in [0.3, 0.4) is 0 Å². The Morgan fingerprint density at radius 1 is 1.47 bits per heavy atom. The molecule has 1 aliphatic carbocycles. The molecule has 0 radical (unpaired) electrons. The van der Waals surface area contributed by atoms with Gasteiger partial charge in [-0.1, -0.05) is 0 Å². The molecule has 1 saturated carbocycles. The molecule has 0 amide bonds. The number of hydrogen-bond donors (Lipinski definition) is 2. The summed E-state index contributed by atoms with van der Waals surface area (Å²) >= 11 is 0. The van der Waals surface area contributed by atoms with E-state index < -0.39 is 5.66 Å². The lowest BCUT2D eigenvalue weighted by Gasteiger charge is -2.36. The summed E-state index contributed by atoms with van der Waals surface area (Å²) < 4.78 is 0. The van der Waals surface area contributed by atoms with Crippen molar-refractivity contribution in [2.24, 2.45) is 27.4 Å². The number of guanidine groups is 2. The molecule has 84 valence electrons. The summed E-state index contributed by atoms with van der Waals surface area (Å²) in [6.07, 6.45) is 2.47. The average Bonchev–Trinajstić information content (AvgIpc) is 2.83. The van der Waals surface area contributed by atoms with Crippen molar-refractivity contribution in [3.63, 3.8) is 0 Å². The van der Waals surface area contributed by atoms with Crippen molar-refractivity contribution in [1.29, 1.82) is 0 Å². The fourth-order valence-electron chi connectivity index (χ4n) is 1.48. The molecule has 1 aliphatic heterocycles. The highest BCUT2D eigenvalue weighted by atomic mass is 16.7. The molecule has 0 aromatic carbocycles. The van der Waals surface area contributed by atoms with E-state index in [9.17, 15) is 0 Å². The highest BCUT2D eigenvalue weighted by Crippen LogP contribution is 2.30. The molecular weight excluding hydrogens is 194 g/mol. The maximum atomic E-state index is 5.74. The van der Waals surface area contributed by atoms with Gasteiger partial charge in [-0.25, -0.2) is 4.99 Å². The van der Waals surface area contributed by atoms with Crippen molar-refractivity contribution in [3.05, 3.63) is 0 Å². The molecule has 0 aromatic heterocycles. The van der Waals surface area contributed by atoms with Crippen LogP contribution in [-0.4, -0.2) is 29.3 Å². The lowest BCUT2D eigenvalue weighted by Crippen LogP contribution is -2.53. The van der Waals surface area contributed by atoms with Crippen molar-refractivity contribution in [2.45, 2.75) is 32.4 Å². The first-order chi connectivity index (χ1) is 6.99. The number of hydrogen-bond acceptors (Lipinski definition) is 6. The zero-order valence-corrected chi connectivity index (χ0v) is 9.10. The molecule has 2 rings (SSSR count). The lowest BCUT2D eigenvalue weighted by atomic mass is 10.2. The maximum absolute atomic E-state index is 5.74. The molecule has 0 aromatic rings. The maximum Gasteiger partial charge on any atom is 0.226 e. The molecule has 0 unspecified atom stereocenters. The van der Waals surface area contributed by atoms with E-state index in [4.69, 9.17) is 16.3 Å². The van der Waals surface area contributed by atoms with E-state index in [-0.39, 0.29) is 11.9 Å². The average molecular weight is 211 g/mol. The van der Waals surface area contributed by atoms with Crippen LogP contribution in [0, 0.1) is 5.92 Å². The number of nitrogens with two attached hydrogens (primary N) is 2. The SMILES string of the molecule is CC1(C)N=C(N)N=C(N)N1OCC1CC1. The third kappa shape index (κ3) is 2.20. The standard InChI is InChI=1S/C9H17N5O/c1-9(2)13-7(10)12-8(11)14(9)15-5-6-3-4-6/h6H,3-5H2,1-2H3,(H4,10,11,12,13). The van der Waals surface area contributed by atoms with E-state index in [0.29, 0.717) is 12.5 Å². The Morgan fingerprint density at radius 2 is 2.13 bits per heavy atom. The zero-order chi connectivity index (χ0) is 11.1. The summed E-state index contributed by atoms with van der Waals surface area (Å²) in [5.74, 6) is 1.13. The van der Waals surface area contributed by atoms with Crippen LogP contribution in [-0.2, 0) is 4.84 Å². The molecule has 15 heavy (non-hydrogen) atoms. The molecule has 6 nitrogen and oxygen atoms in total. The van der Waals surface area contributed by atoms with Crippen molar-refractivity contribution < 1.29 is 4.84 Å². The van der Waals surface area contributed by atoms with Crippen molar-refractivity contribution in [2.75, 3.05) is 6.61 Å². The first-order valence-electron chi connectivity index (χ1n) is 5.11. The summed E-state index contributed by atoms with van der Waals surface area (Å²) in [5, 5.41) is 1.53. The number of aliphatic imine (C=N–C) groups is 2. The van der Waals surface area contributed by atoms with Gasteiger partial charge in [0.05, 0.1) is 6.61 Å². The Kier molecular flexibility index (Phi) is 2.30. The molecular formula is C9H17N5O. The predicted molar refractivity (Wildman–Crippen MR) is 57.8 cm³/mol. The van der Waals surface area contributed by atoms with Crippen LogP contribution in [0.15, 0.2) is 9.98 Å². The topological polar surface area (TPSA) is 89.2 Å². The van der Waals surface area contributed by atoms with Crippen molar-refractivity contribution in [3.8, 4) is 0 Å². The lowest BCUT2D eigenvalue weighted by molar-refractivity contribution is -0.160. The van der Waals surface area contributed by atoms with Gasteiger partial charge in [-0.3, -0.25) is 4.84 Å². The van der Waals surface area contributed by atoms with Gasteiger partial charge >= 0.3 is 0 Å². The highest BCUT2D eigenvalue weighted by Gasteiger charge is 2.34. The van der Waals surface area contributed by atoms with Crippen LogP contribution in [0.4, 0.5) is 0 Å². The van der Waals surface area contributed by atoms with Gasteiger partial charge in [0, 0.05) is 0 Å². The Balaban J connectivity index is 2.04. The van der Waals surface area contributed by atoms with Gasteiger partial charge in [0.15, 0.2) is 5.66 Å². The first kappa shape index (κ1) is 10.2. The minimum Gasteiger partial charge on any atom is -0.368 e. The van der Waals surface area contributed by atoms with Gasteiger partial charge in [-0.15, -0.1) is 0 Å². The quantitative estimate of drug-likeness (QED) is 0.688. The largest absolute Gasteiger partial charge is 0.368 e. The van der Waals surface area contributed by atoms with Crippen LogP contribution in [0.1, 0.15) is 26.7 Å². The van der Waals surface area contributed by atoms with Gasteiger partial charge in [0.25, 0.3) is 0 Å². The Hall–Kier alpha value is -1.30. The van der Waals surface area contributed by atoms with Crippen molar-refractivity contribution >= 4 is 11.9 Å². The van der Waals surface area contributed by atoms with Crippen LogP contribution >= 0.6 is 0 Å². The van der Waals surface area contributed by atoms with Gasteiger partial charge < -0.3 is 11.5 Å². The molecule has 6 heteroatoms. The second-order valence-corrected chi connectivity index (χ2v) is 4.47. The monoisotopic (exact) mass is 211 g/mol. The Labute approximate surface area is 88.9 Å². The first-order valence-corrected chi connectivity index (χ1v) is 5.11. The predicted octanol–water partition coefficient (Wildman–Crippen LogP) is 0.00910. The fourth-order valence-corrected chi connectivity index (χ4v) is 1.48. The Bertz CT molecular complexity index is 318. The minimum atomic E-state index is -0.579. The zero-order valence-electron chi connectivity index (χ0n) is 9.10. The van der Waals surface area contributed by atoms with E-state index in [2.05, 4.69) is 9.98 Å². The van der Waals surface area contributed by atoms with Gasteiger partial charge in [0.2, 0.25) is 11.9 Å². The highest BCUT2D eigenvalue weighted by molar-refractivity contribution is 5.95. The molecule has 0 spiro atoms. The van der Waals surface area contributed by atoms with E-state index in [1.807, 2.05) is 13.8 Å². The van der Waals surface area contributed by atoms with Crippen LogP contribution in [0.25, 0.3) is 0 Å². The second kappa shape index (κ2) is 3.37. The van der Waals surface area contributed by atoms with E-state index in [1.54, 1.807) is 0 Å². The molecule has 0 saturated heterocycles. The summed E-state index contributed by atoms with van der Waals surface area (Å²) in [5.41, 5.74) is 10.7. The van der Waals surface area contributed by atoms with Crippen LogP contribution in [0.5, 0.6) is 0 Å². The van der Waals surface area contributed by atoms with Crippen molar-refractivity contribution in [1.82, 2.24) is 5.06 Å². The molecule has 1 heterocycles. The Morgan fingerprint density at radius 3 is 2.67 bits per heavy atom. The third-order valence-corrected chi connectivity index (χ3v) is 2.46. The number of hydroxylamine groups is 2. The third-order valence-electron chi connectivity index (χ3n) is 2.46. The van der Waals surface area contributed by atoms with Gasteiger partial charge in [0.1, 0.15) is 0 Å². The molecule has 4 N–H and O–H groups in total. The summed E-state index contributed by atoms with van der Waals surface area (Å²) in [6.45, 7) is 4.44. The van der Waals surface area contributed by atoms with Crippen LogP contribution < -0.4 is 11.5 Å². The van der Waals surface area contributed by atoms with E-state index in [1.165, 1.54) is 17.9 Å². The number of nitrogens with zero attached hydrogens (tertiary/aromatic N) is 3. The van der Waals surface area contributed by atoms with E-state index >= 15 is 0 Å². The van der Waals surface area contributed by atoms with Crippen LogP contribution in [0.2, 0.25) is 0 Å². The number of rotatable bonds is 3. The summed E-state index contributed by atoms with van der Waals surface area (Å²) in [6, 6.07) is 0. The fraction of sp³-hybridized carbons (Fsp3) is 0.778. The molecule has 1 fully saturated rings. The van der Waals surface area contributed by atoms with E-state index in [0.717, 1.165) is 0 Å². The summed E-state index contributed by atoms with van der Waals surface area (Å²) in [4.78, 5) is 13.7. The van der Waals surface area contributed by atoms with Gasteiger partial charge in [-0.05, 0) is 32.6 Å². The smallest absolute Gasteiger partial charge is 0.226 e. The minimum absolute atomic E-state index is 0.198. The second-order valence-electron chi connectivity index (χ2n) is 4.47. The molecule has 0 atom stereocenters. The van der Waals surface area contributed by atoms with Gasteiger partial charge in [-0.2, -0.15) is 10.1 Å². The summed E-state index contributed by atoms with van der Waals surface area (Å²) in [7, 11) is 0. The molecule has 0 bridgehead atoms.